The molecule has 0 aliphatic carbocycles. The van der Waals surface area contributed by atoms with Crippen molar-refractivity contribution < 1.29 is 18.0 Å². The number of hydrogen-bond acceptors (Lipinski definition) is 5. The highest BCUT2D eigenvalue weighted by molar-refractivity contribution is 8.00. The van der Waals surface area contributed by atoms with Gasteiger partial charge in [0.1, 0.15) is 17.3 Å². The summed E-state index contributed by atoms with van der Waals surface area (Å²) in [5, 5.41) is 2.77. The maximum absolute atomic E-state index is 12.7. The van der Waals surface area contributed by atoms with E-state index in [-0.39, 0.29) is 29.1 Å². The summed E-state index contributed by atoms with van der Waals surface area (Å²) in [6.45, 7) is 5.51. The predicted octanol–water partition coefficient (Wildman–Crippen LogP) is 1.58. The number of sulfonamides is 1. The maximum atomic E-state index is 12.7. The highest BCUT2D eigenvalue weighted by atomic mass is 32.2. The number of nitrogens with one attached hydrogen (secondary N) is 2. The lowest BCUT2D eigenvalue weighted by molar-refractivity contribution is -0.127. The summed E-state index contributed by atoms with van der Waals surface area (Å²) < 4.78 is 27.8. The molecule has 8 nitrogen and oxygen atoms in total. The Bertz CT molecular complexity index is 981. The van der Waals surface area contributed by atoms with Gasteiger partial charge in [0.15, 0.2) is 0 Å². The van der Waals surface area contributed by atoms with E-state index in [0.717, 1.165) is 18.5 Å². The Hall–Kier alpha value is -2.68. The number of nitrogens with zero attached hydrogens (tertiary/aromatic N) is 2. The second kappa shape index (κ2) is 9.42. The number of amidine groups is 1. The summed E-state index contributed by atoms with van der Waals surface area (Å²) in [6, 6.07) is 7.29. The molecule has 1 fully saturated rings. The fraction of sp³-hybridized carbons (Fsp3) is 0.476. The first kappa shape index (κ1) is 22.0. The Morgan fingerprint density at radius 3 is 2.63 bits per heavy atom. The van der Waals surface area contributed by atoms with Crippen molar-refractivity contribution in [2.24, 2.45) is 4.99 Å². The number of benzene rings is 1. The topological polar surface area (TPSA) is 108 Å². The third-order valence-corrected chi connectivity index (χ3v) is 6.69. The number of hydrogen-bond donors (Lipinski definition) is 2. The first-order valence-electron chi connectivity index (χ1n) is 10.2. The number of aliphatic imine (C=N–C) groups is 1. The molecule has 0 saturated carbocycles. The van der Waals surface area contributed by atoms with Crippen molar-refractivity contribution >= 4 is 32.6 Å². The zero-order valence-corrected chi connectivity index (χ0v) is 18.2. The minimum absolute atomic E-state index is 0.162. The summed E-state index contributed by atoms with van der Waals surface area (Å²) in [5.74, 6) is 0.115. The number of rotatable bonds is 8. The standard InChI is InChI=1S/C21H28N4O4S/c1-3-17-20(16-9-7-15(2)8-10-16)30(28,29)24-21(17)23-14-18(26)22-11-5-13-25-12-4-6-19(25)27/h7-10H,3-6,11-14H2,1-2H3,(H,22,26)(H,23,24). The first-order chi connectivity index (χ1) is 14.3. The van der Waals surface area contributed by atoms with Gasteiger partial charge in [0.05, 0.1) is 0 Å². The van der Waals surface area contributed by atoms with Crippen LogP contribution in [0.1, 0.15) is 43.7 Å². The van der Waals surface area contributed by atoms with Crippen LogP contribution in [0.3, 0.4) is 0 Å². The molecule has 0 aromatic heterocycles. The summed E-state index contributed by atoms with van der Waals surface area (Å²) >= 11 is 0. The molecule has 0 spiro atoms. The van der Waals surface area contributed by atoms with Crippen LogP contribution in [0.25, 0.3) is 4.91 Å². The average molecular weight is 433 g/mol. The van der Waals surface area contributed by atoms with Gasteiger partial charge in [-0.3, -0.25) is 19.3 Å². The molecule has 162 valence electrons. The molecule has 2 aliphatic rings. The van der Waals surface area contributed by atoms with Crippen molar-refractivity contribution in [3.8, 4) is 0 Å². The molecule has 0 radical (unpaired) electrons. The molecule has 2 amide bonds. The Labute approximate surface area is 177 Å². The van der Waals surface area contributed by atoms with Crippen LogP contribution in [0.2, 0.25) is 0 Å². The second-order valence-corrected chi connectivity index (χ2v) is 9.10. The van der Waals surface area contributed by atoms with Crippen molar-refractivity contribution in [2.75, 3.05) is 26.2 Å². The molecule has 2 N–H and O–H groups in total. The second-order valence-electron chi connectivity index (χ2n) is 7.49. The predicted molar refractivity (Wildman–Crippen MR) is 116 cm³/mol. The summed E-state index contributed by atoms with van der Waals surface area (Å²) in [5.41, 5.74) is 2.23. The smallest absolute Gasteiger partial charge is 0.264 e. The SMILES string of the molecule is CCC1=C(c2ccc(C)cc2)S(=O)(=O)NC1=NCC(=O)NCCCN1CCCC1=O. The molecule has 0 bridgehead atoms. The Kier molecular flexibility index (Phi) is 6.91. The van der Waals surface area contributed by atoms with E-state index in [1.165, 1.54) is 0 Å². The van der Waals surface area contributed by atoms with Gasteiger partial charge in [0.25, 0.3) is 10.0 Å². The van der Waals surface area contributed by atoms with Gasteiger partial charge in [-0.2, -0.15) is 0 Å². The van der Waals surface area contributed by atoms with E-state index >= 15 is 0 Å². The zero-order chi connectivity index (χ0) is 21.7. The molecular weight excluding hydrogens is 404 g/mol. The molecule has 9 heteroatoms. The number of carbonyl (C=O) groups excluding carboxylic acids is 2. The van der Waals surface area contributed by atoms with Crippen LogP contribution < -0.4 is 10.0 Å². The largest absolute Gasteiger partial charge is 0.354 e. The summed E-state index contributed by atoms with van der Waals surface area (Å²) in [7, 11) is -3.72. The minimum atomic E-state index is -3.72. The average Bonchev–Trinajstić information content (AvgIpc) is 3.23. The van der Waals surface area contributed by atoms with Crippen molar-refractivity contribution in [1.82, 2.24) is 14.9 Å². The van der Waals surface area contributed by atoms with Crippen LogP contribution in [0.4, 0.5) is 0 Å². The van der Waals surface area contributed by atoms with E-state index in [1.807, 2.05) is 30.9 Å². The molecule has 1 saturated heterocycles. The van der Waals surface area contributed by atoms with Gasteiger partial charge in [-0.15, -0.1) is 0 Å². The lowest BCUT2D eigenvalue weighted by Gasteiger charge is -2.15. The van der Waals surface area contributed by atoms with Crippen molar-refractivity contribution in [2.45, 2.75) is 39.5 Å². The fourth-order valence-corrected chi connectivity index (χ4v) is 5.20. The lowest BCUT2D eigenvalue weighted by Crippen LogP contribution is -2.32. The number of carbonyl (C=O) groups is 2. The monoisotopic (exact) mass is 432 g/mol. The first-order valence-corrected chi connectivity index (χ1v) is 11.7. The van der Waals surface area contributed by atoms with Crippen LogP contribution in [0, 0.1) is 6.92 Å². The van der Waals surface area contributed by atoms with E-state index in [2.05, 4.69) is 15.0 Å². The van der Waals surface area contributed by atoms with E-state index < -0.39 is 10.0 Å². The van der Waals surface area contributed by atoms with E-state index in [0.29, 0.717) is 43.5 Å². The van der Waals surface area contributed by atoms with Crippen molar-refractivity contribution in [3.63, 3.8) is 0 Å². The van der Waals surface area contributed by atoms with Crippen LogP contribution in [-0.4, -0.2) is 57.1 Å². The maximum Gasteiger partial charge on any atom is 0.264 e. The normalized spacial score (nSPS) is 19.5. The van der Waals surface area contributed by atoms with Gasteiger partial charge in [0, 0.05) is 31.6 Å². The molecule has 1 aromatic rings. The third-order valence-electron chi connectivity index (χ3n) is 5.21. The molecule has 2 heterocycles. The van der Waals surface area contributed by atoms with Crippen molar-refractivity contribution in [1.29, 1.82) is 0 Å². The summed E-state index contributed by atoms with van der Waals surface area (Å²) in [6.07, 6.45) is 2.66. The van der Waals surface area contributed by atoms with Gasteiger partial charge in [0.2, 0.25) is 11.8 Å². The van der Waals surface area contributed by atoms with Crippen LogP contribution >= 0.6 is 0 Å². The molecule has 3 rings (SSSR count). The van der Waals surface area contributed by atoms with E-state index in [1.54, 1.807) is 12.1 Å². The van der Waals surface area contributed by atoms with Crippen LogP contribution in [0.15, 0.2) is 34.8 Å². The van der Waals surface area contributed by atoms with Gasteiger partial charge in [-0.25, -0.2) is 8.42 Å². The fourth-order valence-electron chi connectivity index (χ4n) is 3.64. The molecule has 2 aliphatic heterocycles. The van der Waals surface area contributed by atoms with Gasteiger partial charge >= 0.3 is 0 Å². The van der Waals surface area contributed by atoms with Gasteiger partial charge in [-0.1, -0.05) is 36.8 Å². The molecule has 0 atom stereocenters. The Morgan fingerprint density at radius 2 is 2.00 bits per heavy atom. The van der Waals surface area contributed by atoms with E-state index in [4.69, 9.17) is 0 Å². The molecule has 1 aromatic carbocycles. The highest BCUT2D eigenvalue weighted by Gasteiger charge is 2.34. The number of likely N-dealkylation sites (tertiary alicyclic amines) is 1. The zero-order valence-electron chi connectivity index (χ0n) is 17.4. The highest BCUT2D eigenvalue weighted by Crippen LogP contribution is 2.31. The molecule has 0 unspecified atom stereocenters. The minimum Gasteiger partial charge on any atom is -0.354 e. The lowest BCUT2D eigenvalue weighted by atomic mass is 10.1. The van der Waals surface area contributed by atoms with Crippen LogP contribution in [0.5, 0.6) is 0 Å². The van der Waals surface area contributed by atoms with Gasteiger partial charge < -0.3 is 10.2 Å². The van der Waals surface area contributed by atoms with E-state index in [9.17, 15) is 18.0 Å². The van der Waals surface area contributed by atoms with Gasteiger partial charge in [-0.05, 0) is 31.7 Å². The Balaban J connectivity index is 1.61. The third kappa shape index (κ3) is 5.08. The molecular formula is C21H28N4O4S. The Morgan fingerprint density at radius 1 is 1.27 bits per heavy atom. The van der Waals surface area contributed by atoms with Crippen molar-refractivity contribution in [3.05, 3.63) is 41.0 Å². The number of aryl methyl sites for hydroxylation is 1. The van der Waals surface area contributed by atoms with Crippen LogP contribution in [-0.2, 0) is 19.6 Å². The number of amides is 2. The molecule has 30 heavy (non-hydrogen) atoms. The quantitative estimate of drug-likeness (QED) is 0.608. The summed E-state index contributed by atoms with van der Waals surface area (Å²) in [4.78, 5) is 29.9.